The fourth-order valence-electron chi connectivity index (χ4n) is 2.20. The number of nitrogens with zero attached hydrogens (tertiary/aromatic N) is 1. The molecule has 3 rings (SSSR count). The Balaban J connectivity index is 1.79. The summed E-state index contributed by atoms with van der Waals surface area (Å²) in [6.07, 6.45) is 0. The van der Waals surface area contributed by atoms with Crippen molar-refractivity contribution in [1.82, 2.24) is 4.98 Å². The van der Waals surface area contributed by atoms with Gasteiger partial charge in [0.05, 0.1) is 10.2 Å². The van der Waals surface area contributed by atoms with Crippen molar-refractivity contribution in [3.63, 3.8) is 0 Å². The van der Waals surface area contributed by atoms with Crippen molar-refractivity contribution < 1.29 is 9.53 Å². The zero-order valence-corrected chi connectivity index (χ0v) is 16.6. The molecule has 0 spiro atoms. The predicted molar refractivity (Wildman–Crippen MR) is 107 cm³/mol. The lowest BCUT2D eigenvalue weighted by molar-refractivity contribution is -0.128. The summed E-state index contributed by atoms with van der Waals surface area (Å²) in [5.74, 6) is 0.294. The summed E-state index contributed by atoms with van der Waals surface area (Å²) in [6, 6.07) is 10.5. The molecule has 0 bridgehead atoms. The molecule has 0 fully saturated rings. The second-order valence-electron chi connectivity index (χ2n) is 5.88. The number of carbonyl (C=O) groups excluding carboxylic acids is 1. The van der Waals surface area contributed by atoms with Crippen molar-refractivity contribution in [1.29, 1.82) is 0 Å². The molecule has 5 nitrogen and oxygen atoms in total. The summed E-state index contributed by atoms with van der Waals surface area (Å²) in [6.45, 7) is 3.41. The van der Waals surface area contributed by atoms with Gasteiger partial charge in [0, 0.05) is 15.2 Å². The topological polar surface area (TPSA) is 77.2 Å². The van der Waals surface area contributed by atoms with E-state index in [1.165, 1.54) is 11.3 Å². The van der Waals surface area contributed by atoms with Gasteiger partial charge in [-0.3, -0.25) is 4.79 Å². The molecule has 3 aromatic rings. The van der Waals surface area contributed by atoms with E-state index in [1.807, 2.05) is 6.07 Å². The summed E-state index contributed by atoms with van der Waals surface area (Å²) in [5.41, 5.74) is 6.09. The van der Waals surface area contributed by atoms with Gasteiger partial charge >= 0.3 is 0 Å². The van der Waals surface area contributed by atoms with E-state index in [4.69, 9.17) is 22.1 Å². The first kappa shape index (κ1) is 18.0. The van der Waals surface area contributed by atoms with Crippen molar-refractivity contribution in [2.24, 2.45) is 0 Å². The number of benzene rings is 2. The molecule has 130 valence electrons. The number of nitrogen functional groups attached to an aromatic ring is 1. The van der Waals surface area contributed by atoms with Crippen LogP contribution in [0.25, 0.3) is 10.2 Å². The van der Waals surface area contributed by atoms with E-state index < -0.39 is 5.60 Å². The lowest BCUT2D eigenvalue weighted by Gasteiger charge is -2.25. The van der Waals surface area contributed by atoms with Gasteiger partial charge in [0.2, 0.25) is 0 Å². The molecule has 0 aliphatic heterocycles. The smallest absolute Gasteiger partial charge is 0.267 e. The van der Waals surface area contributed by atoms with E-state index in [0.29, 0.717) is 21.6 Å². The Bertz CT molecular complexity index is 941. The van der Waals surface area contributed by atoms with Gasteiger partial charge in [-0.2, -0.15) is 0 Å². The molecular formula is C17H15BrClN3O2S. The van der Waals surface area contributed by atoms with Crippen molar-refractivity contribution >= 4 is 65.8 Å². The molecule has 0 aliphatic carbocycles. The van der Waals surface area contributed by atoms with Crippen LogP contribution in [0.1, 0.15) is 13.8 Å². The number of amides is 1. The summed E-state index contributed by atoms with van der Waals surface area (Å²) in [4.78, 5) is 16.9. The number of rotatable bonds is 4. The van der Waals surface area contributed by atoms with Gasteiger partial charge in [-0.05, 0) is 66.2 Å². The Labute approximate surface area is 162 Å². The van der Waals surface area contributed by atoms with Gasteiger partial charge < -0.3 is 15.8 Å². The number of thiazole rings is 1. The number of nitrogens with two attached hydrogens (primary N) is 1. The Morgan fingerprint density at radius 3 is 2.68 bits per heavy atom. The van der Waals surface area contributed by atoms with Crippen LogP contribution in [0.2, 0.25) is 5.02 Å². The van der Waals surface area contributed by atoms with Crippen LogP contribution in [-0.2, 0) is 4.79 Å². The maximum atomic E-state index is 12.6. The van der Waals surface area contributed by atoms with Gasteiger partial charge in [0.15, 0.2) is 10.7 Å². The van der Waals surface area contributed by atoms with Crippen molar-refractivity contribution in [2.45, 2.75) is 19.4 Å². The van der Waals surface area contributed by atoms with Crippen LogP contribution in [0.3, 0.4) is 0 Å². The first-order chi connectivity index (χ1) is 11.7. The van der Waals surface area contributed by atoms with Gasteiger partial charge in [-0.1, -0.05) is 22.9 Å². The van der Waals surface area contributed by atoms with E-state index in [-0.39, 0.29) is 5.91 Å². The Morgan fingerprint density at radius 2 is 2.00 bits per heavy atom. The molecule has 1 amide bonds. The number of ether oxygens (including phenoxy) is 1. The molecule has 25 heavy (non-hydrogen) atoms. The van der Waals surface area contributed by atoms with Crippen LogP contribution in [0.4, 0.5) is 10.8 Å². The van der Waals surface area contributed by atoms with Crippen LogP contribution in [0.5, 0.6) is 5.75 Å². The number of hydrogen-bond donors (Lipinski definition) is 2. The summed E-state index contributed by atoms with van der Waals surface area (Å²) in [5, 5.41) is 3.96. The van der Waals surface area contributed by atoms with E-state index in [0.717, 1.165) is 14.7 Å². The highest BCUT2D eigenvalue weighted by atomic mass is 79.9. The molecule has 2 aromatic carbocycles. The van der Waals surface area contributed by atoms with E-state index in [9.17, 15) is 4.79 Å². The number of fused-ring (bicyclic) bond motifs is 1. The second kappa shape index (κ2) is 6.82. The summed E-state index contributed by atoms with van der Waals surface area (Å²) in [7, 11) is 0. The molecule has 0 saturated carbocycles. The number of aromatic nitrogens is 1. The zero-order chi connectivity index (χ0) is 18.2. The number of nitrogens with one attached hydrogen (secondary N) is 1. The minimum Gasteiger partial charge on any atom is -0.478 e. The quantitative estimate of drug-likeness (QED) is 0.592. The fourth-order valence-corrected chi connectivity index (χ4v) is 3.81. The molecule has 8 heteroatoms. The lowest BCUT2D eigenvalue weighted by Crippen LogP contribution is -2.42. The summed E-state index contributed by atoms with van der Waals surface area (Å²) >= 11 is 10.7. The van der Waals surface area contributed by atoms with Gasteiger partial charge in [0.25, 0.3) is 5.91 Å². The Hall–Kier alpha value is -1.83. The molecular weight excluding hydrogens is 426 g/mol. The average molecular weight is 441 g/mol. The molecule has 0 saturated heterocycles. The third-order valence-corrected chi connectivity index (χ3v) is 5.14. The molecule has 0 atom stereocenters. The molecule has 0 aliphatic rings. The largest absolute Gasteiger partial charge is 0.478 e. The van der Waals surface area contributed by atoms with Crippen molar-refractivity contribution in [3.8, 4) is 5.75 Å². The monoisotopic (exact) mass is 439 g/mol. The van der Waals surface area contributed by atoms with Crippen LogP contribution in [-0.4, -0.2) is 16.5 Å². The van der Waals surface area contributed by atoms with E-state index >= 15 is 0 Å². The van der Waals surface area contributed by atoms with Crippen LogP contribution in [0.15, 0.2) is 40.9 Å². The first-order valence-electron chi connectivity index (χ1n) is 7.36. The number of carbonyl (C=O) groups is 1. The number of anilines is 2. The lowest BCUT2D eigenvalue weighted by atomic mass is 10.1. The summed E-state index contributed by atoms with van der Waals surface area (Å²) < 4.78 is 7.46. The fraction of sp³-hybridized carbons (Fsp3) is 0.176. The van der Waals surface area contributed by atoms with Crippen LogP contribution < -0.4 is 15.8 Å². The maximum absolute atomic E-state index is 12.6. The maximum Gasteiger partial charge on any atom is 0.267 e. The minimum atomic E-state index is -1.07. The normalized spacial score (nSPS) is 11.5. The number of hydrogen-bond acceptors (Lipinski definition) is 5. The standard InChI is InChI=1S/C17H15BrClN3O2S/c1-17(2,24-11-5-3-9(19)4-6-11)15(23)21-10-7-12(18)14-13(8-10)25-16(20)22-14/h3-8H,1-2H3,(H2,20,22)(H,21,23). The molecule has 1 aromatic heterocycles. The second-order valence-corrected chi connectivity index (χ2v) is 8.23. The van der Waals surface area contributed by atoms with Gasteiger partial charge in [-0.15, -0.1) is 0 Å². The third kappa shape index (κ3) is 4.05. The highest BCUT2D eigenvalue weighted by Gasteiger charge is 2.30. The molecule has 0 unspecified atom stereocenters. The van der Waals surface area contributed by atoms with Crippen molar-refractivity contribution in [3.05, 3.63) is 45.9 Å². The van der Waals surface area contributed by atoms with Crippen LogP contribution >= 0.6 is 38.9 Å². The Kier molecular flexibility index (Phi) is 4.90. The first-order valence-corrected chi connectivity index (χ1v) is 9.35. The third-order valence-electron chi connectivity index (χ3n) is 3.46. The SMILES string of the molecule is CC(C)(Oc1ccc(Cl)cc1)C(=O)Nc1cc(Br)c2nc(N)sc2c1. The number of halogens is 2. The molecule has 3 N–H and O–H groups in total. The van der Waals surface area contributed by atoms with Crippen molar-refractivity contribution in [2.75, 3.05) is 11.1 Å². The molecule has 0 radical (unpaired) electrons. The zero-order valence-electron chi connectivity index (χ0n) is 13.5. The van der Waals surface area contributed by atoms with Gasteiger partial charge in [-0.25, -0.2) is 4.98 Å². The highest BCUT2D eigenvalue weighted by Crippen LogP contribution is 2.33. The van der Waals surface area contributed by atoms with E-state index in [1.54, 1.807) is 44.2 Å². The predicted octanol–water partition coefficient (Wildman–Crippen LogP) is 5.09. The minimum absolute atomic E-state index is 0.272. The Morgan fingerprint density at radius 1 is 1.32 bits per heavy atom. The highest BCUT2D eigenvalue weighted by molar-refractivity contribution is 9.10. The van der Waals surface area contributed by atoms with E-state index in [2.05, 4.69) is 26.2 Å². The van der Waals surface area contributed by atoms with Gasteiger partial charge in [0.1, 0.15) is 5.75 Å². The molecule has 1 heterocycles. The van der Waals surface area contributed by atoms with Crippen LogP contribution in [0, 0.1) is 0 Å². The average Bonchev–Trinajstić information content (AvgIpc) is 2.90.